The molecular weight excluding hydrogens is 280 g/mol. The van der Waals surface area contributed by atoms with Crippen LogP contribution in [0.1, 0.15) is 55.3 Å². The summed E-state index contributed by atoms with van der Waals surface area (Å²) in [5.74, 6) is -0.439. The summed E-state index contributed by atoms with van der Waals surface area (Å²) in [7, 11) is 0. The first kappa shape index (κ1) is 14.8. The van der Waals surface area contributed by atoms with Crippen LogP contribution in [-0.4, -0.2) is 23.8 Å². The van der Waals surface area contributed by atoms with E-state index >= 15 is 0 Å². The minimum Gasteiger partial charge on any atom is -0.349 e. The Bertz CT molecular complexity index is 572. The molecule has 0 aromatic heterocycles. The van der Waals surface area contributed by atoms with E-state index in [0.29, 0.717) is 11.3 Å². The zero-order valence-corrected chi connectivity index (χ0v) is 12.5. The molecule has 3 amide bonds. The topological polar surface area (TPSA) is 66.5 Å². The zero-order valence-electron chi connectivity index (χ0n) is 12.5. The SMILES string of the molecule is O=C(NC1CCCCC1)c1ccc(N2C(=O)CCC2=O)cc1. The van der Waals surface area contributed by atoms with Gasteiger partial charge in [-0.1, -0.05) is 19.3 Å². The number of nitrogens with zero attached hydrogens (tertiary/aromatic N) is 1. The maximum atomic E-state index is 12.2. The average molecular weight is 300 g/mol. The summed E-state index contributed by atoms with van der Waals surface area (Å²) in [5, 5.41) is 3.06. The molecule has 22 heavy (non-hydrogen) atoms. The monoisotopic (exact) mass is 300 g/mol. The van der Waals surface area contributed by atoms with Gasteiger partial charge in [-0.15, -0.1) is 0 Å². The molecule has 5 nitrogen and oxygen atoms in total. The molecule has 1 aromatic carbocycles. The number of carbonyl (C=O) groups excluding carboxylic acids is 3. The summed E-state index contributed by atoms with van der Waals surface area (Å²) >= 11 is 0. The van der Waals surface area contributed by atoms with Crippen LogP contribution in [0.15, 0.2) is 24.3 Å². The highest BCUT2D eigenvalue weighted by atomic mass is 16.2. The molecule has 0 unspecified atom stereocenters. The molecule has 3 rings (SSSR count). The number of amides is 3. The lowest BCUT2D eigenvalue weighted by Gasteiger charge is -2.22. The molecule has 0 atom stereocenters. The standard InChI is InChI=1S/C17H20N2O3/c20-15-10-11-16(21)19(15)14-8-6-12(7-9-14)17(22)18-13-4-2-1-3-5-13/h6-9,13H,1-5,10-11H2,(H,18,22). The van der Waals surface area contributed by atoms with Crippen molar-refractivity contribution in [2.75, 3.05) is 4.90 Å². The van der Waals surface area contributed by atoms with Gasteiger partial charge in [0.1, 0.15) is 0 Å². The Balaban J connectivity index is 1.67. The first-order valence-electron chi connectivity index (χ1n) is 7.92. The number of carbonyl (C=O) groups is 3. The molecule has 0 radical (unpaired) electrons. The number of benzene rings is 1. The van der Waals surface area contributed by atoms with Crippen LogP contribution in [0, 0.1) is 0 Å². The smallest absolute Gasteiger partial charge is 0.251 e. The summed E-state index contributed by atoms with van der Waals surface area (Å²) in [5.41, 5.74) is 1.11. The lowest BCUT2D eigenvalue weighted by atomic mass is 9.95. The largest absolute Gasteiger partial charge is 0.349 e. The molecule has 1 saturated heterocycles. The second-order valence-electron chi connectivity index (χ2n) is 5.98. The van der Waals surface area contributed by atoms with Crippen molar-refractivity contribution in [3.63, 3.8) is 0 Å². The normalized spacial score (nSPS) is 19.5. The van der Waals surface area contributed by atoms with Gasteiger partial charge in [0.05, 0.1) is 5.69 Å². The summed E-state index contributed by atoms with van der Waals surface area (Å²) in [6.07, 6.45) is 6.21. The van der Waals surface area contributed by atoms with E-state index in [0.717, 1.165) is 12.8 Å². The fraction of sp³-hybridized carbons (Fsp3) is 0.471. The van der Waals surface area contributed by atoms with Gasteiger partial charge in [-0.05, 0) is 37.1 Å². The third kappa shape index (κ3) is 3.03. The highest BCUT2D eigenvalue weighted by Crippen LogP contribution is 2.23. The molecule has 1 aliphatic heterocycles. The Morgan fingerprint density at radius 2 is 1.55 bits per heavy atom. The number of hydrogen-bond acceptors (Lipinski definition) is 3. The van der Waals surface area contributed by atoms with E-state index in [9.17, 15) is 14.4 Å². The van der Waals surface area contributed by atoms with Gasteiger partial charge in [-0.3, -0.25) is 19.3 Å². The van der Waals surface area contributed by atoms with Gasteiger partial charge in [0.25, 0.3) is 5.91 Å². The summed E-state index contributed by atoms with van der Waals surface area (Å²) in [6, 6.07) is 6.94. The second-order valence-corrected chi connectivity index (χ2v) is 5.98. The Morgan fingerprint density at radius 1 is 0.955 bits per heavy atom. The first-order valence-corrected chi connectivity index (χ1v) is 7.92. The van der Waals surface area contributed by atoms with Gasteiger partial charge in [-0.2, -0.15) is 0 Å². The number of anilines is 1. The number of hydrogen-bond donors (Lipinski definition) is 1. The summed E-state index contributed by atoms with van der Waals surface area (Å²) in [6.45, 7) is 0. The van der Waals surface area contributed by atoms with E-state index in [-0.39, 0.29) is 36.6 Å². The van der Waals surface area contributed by atoms with Crippen molar-refractivity contribution >= 4 is 23.4 Å². The Kier molecular flexibility index (Phi) is 4.22. The van der Waals surface area contributed by atoms with Crippen molar-refractivity contribution in [3.8, 4) is 0 Å². The minimum absolute atomic E-state index is 0.0856. The van der Waals surface area contributed by atoms with E-state index < -0.39 is 0 Å². The van der Waals surface area contributed by atoms with Crippen molar-refractivity contribution in [2.24, 2.45) is 0 Å². The third-order valence-electron chi connectivity index (χ3n) is 4.38. The fourth-order valence-electron chi connectivity index (χ4n) is 3.14. The average Bonchev–Trinajstić information content (AvgIpc) is 2.87. The van der Waals surface area contributed by atoms with Crippen molar-refractivity contribution in [2.45, 2.75) is 51.0 Å². The first-order chi connectivity index (χ1) is 10.6. The molecule has 1 saturated carbocycles. The maximum absolute atomic E-state index is 12.2. The maximum Gasteiger partial charge on any atom is 0.251 e. The molecule has 2 fully saturated rings. The molecule has 1 heterocycles. The predicted octanol–water partition coefficient (Wildman–Crippen LogP) is 2.40. The van der Waals surface area contributed by atoms with Crippen molar-refractivity contribution in [1.82, 2.24) is 5.32 Å². The number of nitrogens with one attached hydrogen (secondary N) is 1. The van der Waals surface area contributed by atoms with Gasteiger partial charge in [0, 0.05) is 24.4 Å². The van der Waals surface area contributed by atoms with E-state index in [1.54, 1.807) is 24.3 Å². The van der Waals surface area contributed by atoms with Gasteiger partial charge in [0.2, 0.25) is 11.8 Å². The van der Waals surface area contributed by atoms with E-state index in [2.05, 4.69) is 5.32 Å². The number of rotatable bonds is 3. The molecule has 1 aromatic rings. The Labute approximate surface area is 129 Å². The van der Waals surface area contributed by atoms with Crippen molar-refractivity contribution < 1.29 is 14.4 Å². The molecule has 5 heteroatoms. The molecule has 1 N–H and O–H groups in total. The van der Waals surface area contributed by atoms with Crippen LogP contribution in [0.4, 0.5) is 5.69 Å². The van der Waals surface area contributed by atoms with Gasteiger partial charge >= 0.3 is 0 Å². The summed E-state index contributed by atoms with van der Waals surface area (Å²) in [4.78, 5) is 36.8. The van der Waals surface area contributed by atoms with Crippen molar-refractivity contribution in [3.05, 3.63) is 29.8 Å². The fourth-order valence-corrected chi connectivity index (χ4v) is 3.14. The van der Waals surface area contributed by atoms with Gasteiger partial charge in [0.15, 0.2) is 0 Å². The molecule has 0 spiro atoms. The lowest BCUT2D eigenvalue weighted by molar-refractivity contribution is -0.121. The van der Waals surface area contributed by atoms with Crippen LogP contribution in [0.5, 0.6) is 0 Å². The molecular formula is C17H20N2O3. The van der Waals surface area contributed by atoms with Gasteiger partial charge < -0.3 is 5.32 Å². The van der Waals surface area contributed by atoms with Crippen LogP contribution < -0.4 is 10.2 Å². The van der Waals surface area contributed by atoms with Crippen LogP contribution in [0.2, 0.25) is 0 Å². The molecule has 1 aliphatic carbocycles. The highest BCUT2D eigenvalue weighted by Gasteiger charge is 2.30. The van der Waals surface area contributed by atoms with E-state index in [1.807, 2.05) is 0 Å². The summed E-state index contributed by atoms with van der Waals surface area (Å²) < 4.78 is 0. The predicted molar refractivity (Wildman–Crippen MR) is 82.5 cm³/mol. The number of imide groups is 1. The van der Waals surface area contributed by atoms with Gasteiger partial charge in [-0.25, -0.2) is 0 Å². The van der Waals surface area contributed by atoms with Crippen LogP contribution >= 0.6 is 0 Å². The molecule has 0 bridgehead atoms. The van der Waals surface area contributed by atoms with E-state index in [4.69, 9.17) is 0 Å². The van der Waals surface area contributed by atoms with Crippen LogP contribution in [-0.2, 0) is 9.59 Å². The zero-order chi connectivity index (χ0) is 15.5. The Morgan fingerprint density at radius 3 is 2.14 bits per heavy atom. The third-order valence-corrected chi connectivity index (χ3v) is 4.38. The quantitative estimate of drug-likeness (QED) is 0.872. The van der Waals surface area contributed by atoms with Crippen LogP contribution in [0.25, 0.3) is 0 Å². The minimum atomic E-state index is -0.176. The molecule has 116 valence electrons. The lowest BCUT2D eigenvalue weighted by Crippen LogP contribution is -2.36. The highest BCUT2D eigenvalue weighted by molar-refractivity contribution is 6.19. The van der Waals surface area contributed by atoms with E-state index in [1.165, 1.54) is 24.2 Å². The molecule has 2 aliphatic rings. The Hall–Kier alpha value is -2.17. The van der Waals surface area contributed by atoms with Crippen molar-refractivity contribution in [1.29, 1.82) is 0 Å². The van der Waals surface area contributed by atoms with Crippen LogP contribution in [0.3, 0.4) is 0 Å². The second kappa shape index (κ2) is 6.30.